The molecule has 0 bridgehead atoms. The summed E-state index contributed by atoms with van der Waals surface area (Å²) < 4.78 is 0. The highest BCUT2D eigenvalue weighted by Crippen LogP contribution is 2.29. The molecule has 12 heteroatoms. The minimum Gasteiger partial charge on any atom is -0.346 e. The van der Waals surface area contributed by atoms with E-state index in [1.54, 1.807) is 43.7 Å². The van der Waals surface area contributed by atoms with Crippen LogP contribution in [0.2, 0.25) is 0 Å². The normalized spacial score (nSPS) is 13.8. The molecule has 10 nitrogen and oxygen atoms in total. The highest BCUT2D eigenvalue weighted by molar-refractivity contribution is 8.16. The first kappa shape index (κ1) is 36.9. The summed E-state index contributed by atoms with van der Waals surface area (Å²) in [5.41, 5.74) is 4.28. The number of hydrogen-bond acceptors (Lipinski definition) is 10. The Kier molecular flexibility index (Phi) is 17.6. The first-order chi connectivity index (χ1) is 21.8. The van der Waals surface area contributed by atoms with E-state index in [1.165, 1.54) is 48.4 Å². The summed E-state index contributed by atoms with van der Waals surface area (Å²) in [6, 6.07) is 11.0. The molecule has 0 unspecified atom stereocenters. The van der Waals surface area contributed by atoms with Crippen LogP contribution in [-0.4, -0.2) is 45.7 Å². The maximum absolute atomic E-state index is 12.0. The Labute approximate surface area is 275 Å². The Hall–Kier alpha value is -4.26. The third-order valence-corrected chi connectivity index (χ3v) is 8.79. The highest BCUT2D eigenvalue weighted by Gasteiger charge is 2.20. The van der Waals surface area contributed by atoms with Crippen molar-refractivity contribution >= 4 is 46.4 Å². The number of carbonyl (C=O) groups is 1. The summed E-state index contributed by atoms with van der Waals surface area (Å²) in [7, 11) is 1.74. The molecule has 45 heavy (non-hydrogen) atoms. The van der Waals surface area contributed by atoms with Gasteiger partial charge in [0.1, 0.15) is 17.2 Å². The van der Waals surface area contributed by atoms with Gasteiger partial charge >= 0.3 is 0 Å². The number of aliphatic imine (C=N–C) groups is 1. The molecular weight excluding hydrogens is 603 g/mol. The van der Waals surface area contributed by atoms with Crippen LogP contribution in [0, 0.1) is 28.6 Å². The summed E-state index contributed by atoms with van der Waals surface area (Å²) in [4.78, 5) is 24.6. The number of nitrogens with one attached hydrogen (secondary N) is 2. The lowest BCUT2D eigenvalue weighted by molar-refractivity contribution is -0.120. The van der Waals surface area contributed by atoms with Gasteiger partial charge < -0.3 is 10.6 Å². The highest BCUT2D eigenvalue weighted by atomic mass is 32.2. The van der Waals surface area contributed by atoms with Gasteiger partial charge in [-0.2, -0.15) is 15.6 Å². The molecule has 0 saturated heterocycles. The van der Waals surface area contributed by atoms with Crippen LogP contribution in [-0.2, 0) is 17.6 Å². The predicted molar refractivity (Wildman–Crippen MR) is 187 cm³/mol. The van der Waals surface area contributed by atoms with Gasteiger partial charge in [0.25, 0.3) is 0 Å². The monoisotopic (exact) mass is 643 g/mol. The molecule has 2 N–H and O–H groups in total. The van der Waals surface area contributed by atoms with Crippen LogP contribution in [0.25, 0.3) is 0 Å². The van der Waals surface area contributed by atoms with Gasteiger partial charge in [-0.05, 0) is 55.9 Å². The second-order valence-corrected chi connectivity index (χ2v) is 11.9. The predicted octanol–water partition coefficient (Wildman–Crippen LogP) is 6.53. The molecular formula is C33H41N9OS2. The fraction of sp³-hybridized carbons (Fsp3) is 0.394. The number of pyridine rings is 2. The number of allylic oxidation sites excluding steroid dienone is 2. The summed E-state index contributed by atoms with van der Waals surface area (Å²) >= 11 is 3.03. The molecule has 1 aliphatic rings. The lowest BCUT2D eigenvalue weighted by atomic mass is 9.90. The molecule has 0 aliphatic heterocycles. The number of nitriles is 2. The maximum Gasteiger partial charge on any atom is 0.226 e. The molecule has 0 radical (unpaired) electrons. The molecule has 0 atom stereocenters. The average molecular weight is 644 g/mol. The fourth-order valence-corrected chi connectivity index (χ4v) is 5.95. The van der Waals surface area contributed by atoms with Crippen LogP contribution in [0.3, 0.4) is 0 Å². The number of nitrogens with zero attached hydrogens (tertiary/aromatic N) is 7. The van der Waals surface area contributed by atoms with E-state index < -0.39 is 0 Å². The van der Waals surface area contributed by atoms with Gasteiger partial charge in [-0.3, -0.25) is 19.8 Å². The van der Waals surface area contributed by atoms with Crippen molar-refractivity contribution < 1.29 is 4.79 Å². The van der Waals surface area contributed by atoms with Crippen molar-refractivity contribution in [1.82, 2.24) is 20.6 Å². The Morgan fingerprint density at radius 1 is 1.09 bits per heavy atom. The van der Waals surface area contributed by atoms with Crippen molar-refractivity contribution in [2.75, 3.05) is 12.9 Å². The largest absolute Gasteiger partial charge is 0.346 e. The first-order valence-corrected chi connectivity index (χ1v) is 16.6. The minimum absolute atomic E-state index is 0.0971. The van der Waals surface area contributed by atoms with Gasteiger partial charge in [0, 0.05) is 44.2 Å². The molecule has 1 saturated carbocycles. The summed E-state index contributed by atoms with van der Waals surface area (Å²) in [6.45, 7) is 11.6. The van der Waals surface area contributed by atoms with Gasteiger partial charge in [0.2, 0.25) is 5.91 Å². The second kappa shape index (κ2) is 21.4. The Morgan fingerprint density at radius 2 is 1.71 bits per heavy atom. The van der Waals surface area contributed by atoms with Crippen molar-refractivity contribution in [2.45, 2.75) is 65.2 Å². The van der Waals surface area contributed by atoms with Crippen LogP contribution in [0.4, 0.5) is 0 Å². The third-order valence-electron chi connectivity index (χ3n) is 6.76. The summed E-state index contributed by atoms with van der Waals surface area (Å²) in [6.07, 6.45) is 10.8. The maximum atomic E-state index is 12.0. The average Bonchev–Trinajstić information content (AvgIpc) is 3.07. The molecule has 0 aromatic carbocycles. The van der Waals surface area contributed by atoms with Crippen LogP contribution in [0.5, 0.6) is 0 Å². The topological polar surface area (TPSA) is 152 Å². The Balaban J connectivity index is 0.000000317. The van der Waals surface area contributed by atoms with Crippen LogP contribution < -0.4 is 10.6 Å². The number of thioether (sulfide) groups is 2. The van der Waals surface area contributed by atoms with E-state index >= 15 is 0 Å². The van der Waals surface area contributed by atoms with Crippen molar-refractivity contribution in [2.24, 2.45) is 21.1 Å². The quantitative estimate of drug-likeness (QED) is 0.121. The molecule has 1 amide bonds. The van der Waals surface area contributed by atoms with Gasteiger partial charge in [0.05, 0.1) is 34.8 Å². The third kappa shape index (κ3) is 13.9. The zero-order chi connectivity index (χ0) is 32.9. The number of amidine groups is 1. The van der Waals surface area contributed by atoms with E-state index in [1.807, 2.05) is 6.07 Å². The van der Waals surface area contributed by atoms with E-state index in [-0.39, 0.29) is 12.3 Å². The van der Waals surface area contributed by atoms with Crippen LogP contribution in [0.15, 0.2) is 75.1 Å². The van der Waals surface area contributed by atoms with Gasteiger partial charge in [-0.15, -0.1) is 5.10 Å². The van der Waals surface area contributed by atoms with E-state index in [2.05, 4.69) is 74.4 Å². The van der Waals surface area contributed by atoms with E-state index in [0.29, 0.717) is 35.0 Å². The Bertz CT molecular complexity index is 1470. The number of aromatic nitrogens is 2. The number of amides is 1. The zero-order valence-electron chi connectivity index (χ0n) is 26.3. The lowest BCUT2D eigenvalue weighted by Crippen LogP contribution is -2.27. The van der Waals surface area contributed by atoms with E-state index in [4.69, 9.17) is 10.5 Å². The molecule has 1 fully saturated rings. The van der Waals surface area contributed by atoms with Gasteiger partial charge in [-0.1, -0.05) is 61.9 Å². The molecule has 3 rings (SSSR count). The van der Waals surface area contributed by atoms with Gasteiger partial charge in [0.15, 0.2) is 5.17 Å². The first-order valence-electron chi connectivity index (χ1n) is 14.7. The molecule has 2 heterocycles. The standard InChI is InChI=1S/C17H21N5OS.C16H20N4S/c1-19-22-17(13-6-3-2-4-7-13)24-12-21-16(23)10-15-14(11-18)8-5-9-20-15;1-5-12(2)11-21-16(18-4)20-13(3)9-15-14(10-17)7-6-8-19-15/h5,8-9,13H,1-4,6-7,10,12H2,(H,21,23);6-8,11H,3,5,9H2,1-2,4H3,(H,18,20)/b22-17-;. The lowest BCUT2D eigenvalue weighted by Gasteiger charge is -2.22. The SMILES string of the molecule is C=C(Cc1ncccc1C#N)NC(=NC)SC=C(C)CC.C=N/N=C(\SCNC(=O)Cc1ncccc1C#N)C1CCCCC1. The minimum atomic E-state index is -0.160. The molecule has 0 spiro atoms. The molecule has 236 valence electrons. The van der Waals surface area contributed by atoms with Crippen molar-refractivity contribution in [1.29, 1.82) is 10.5 Å². The van der Waals surface area contributed by atoms with Crippen LogP contribution >= 0.6 is 23.5 Å². The van der Waals surface area contributed by atoms with Crippen molar-refractivity contribution in [3.05, 3.63) is 82.4 Å². The zero-order valence-corrected chi connectivity index (χ0v) is 27.9. The smallest absolute Gasteiger partial charge is 0.226 e. The number of hydrogen-bond donors (Lipinski definition) is 2. The summed E-state index contributed by atoms with van der Waals surface area (Å²) in [5, 5.41) is 35.7. The van der Waals surface area contributed by atoms with Crippen LogP contribution in [0.1, 0.15) is 74.9 Å². The molecule has 2 aromatic heterocycles. The fourth-order valence-electron chi connectivity index (χ4n) is 4.19. The summed E-state index contributed by atoms with van der Waals surface area (Å²) in [5.74, 6) is 0.692. The molecule has 2 aromatic rings. The van der Waals surface area contributed by atoms with Gasteiger partial charge in [-0.25, -0.2) is 0 Å². The number of carbonyl (C=O) groups excluding carboxylic acids is 1. The number of rotatable bonds is 11. The van der Waals surface area contributed by atoms with E-state index in [9.17, 15) is 4.79 Å². The van der Waals surface area contributed by atoms with E-state index in [0.717, 1.165) is 40.9 Å². The Morgan fingerprint density at radius 3 is 2.27 bits per heavy atom. The second-order valence-electron chi connectivity index (χ2n) is 10.1. The molecule has 1 aliphatic carbocycles. The van der Waals surface area contributed by atoms with Crippen molar-refractivity contribution in [3.8, 4) is 12.1 Å². The van der Waals surface area contributed by atoms with Crippen molar-refractivity contribution in [3.63, 3.8) is 0 Å².